The van der Waals surface area contributed by atoms with E-state index in [2.05, 4.69) is 9.46 Å². The Bertz CT molecular complexity index is 887. The fourth-order valence-electron chi connectivity index (χ4n) is 2.37. The van der Waals surface area contributed by atoms with Crippen molar-refractivity contribution in [3.05, 3.63) is 53.5 Å². The van der Waals surface area contributed by atoms with E-state index in [0.717, 1.165) is 13.2 Å². The second-order valence-corrected chi connectivity index (χ2v) is 7.13. The van der Waals surface area contributed by atoms with Crippen LogP contribution >= 0.6 is 0 Å². The number of rotatable bonds is 8. The van der Waals surface area contributed by atoms with E-state index in [0.29, 0.717) is 5.56 Å². The van der Waals surface area contributed by atoms with Crippen molar-refractivity contribution in [2.45, 2.75) is 30.7 Å². The minimum atomic E-state index is -4.22. The lowest BCUT2D eigenvalue weighted by Crippen LogP contribution is -2.42. The average Bonchev–Trinajstić information content (AvgIpc) is 3.06. The Morgan fingerprint density at radius 2 is 1.92 bits per heavy atom. The van der Waals surface area contributed by atoms with Crippen LogP contribution in [0.2, 0.25) is 0 Å². The number of sulfonamides is 1. The molecule has 26 heavy (non-hydrogen) atoms. The van der Waals surface area contributed by atoms with Crippen molar-refractivity contribution in [1.82, 2.24) is 4.72 Å². The van der Waals surface area contributed by atoms with E-state index in [1.807, 2.05) is 0 Å². The van der Waals surface area contributed by atoms with Gasteiger partial charge in [0.2, 0.25) is 15.8 Å². The molecule has 0 unspecified atom stereocenters. The van der Waals surface area contributed by atoms with Gasteiger partial charge in [0, 0.05) is 12.5 Å². The van der Waals surface area contributed by atoms with E-state index in [-0.39, 0.29) is 29.3 Å². The van der Waals surface area contributed by atoms with Crippen LogP contribution in [0.5, 0.6) is 0 Å². The van der Waals surface area contributed by atoms with Gasteiger partial charge in [0.05, 0.1) is 7.11 Å². The average molecular weight is 381 g/mol. The summed E-state index contributed by atoms with van der Waals surface area (Å²) in [6.45, 7) is 1.65. The second-order valence-electron chi connectivity index (χ2n) is 5.45. The smallest absolute Gasteiger partial charge is 0.373 e. The van der Waals surface area contributed by atoms with Crippen molar-refractivity contribution >= 4 is 22.0 Å². The summed E-state index contributed by atoms with van der Waals surface area (Å²) < 4.78 is 37.2. The molecule has 1 heterocycles. The molecule has 0 bridgehead atoms. The topological polar surface area (TPSA) is 123 Å². The van der Waals surface area contributed by atoms with Gasteiger partial charge in [-0.05, 0) is 12.0 Å². The number of benzene rings is 1. The molecular formula is C17H19NO7S. The largest absolute Gasteiger partial charge is 0.480 e. The van der Waals surface area contributed by atoms with Crippen molar-refractivity contribution in [2.24, 2.45) is 0 Å². The number of furan rings is 1. The van der Waals surface area contributed by atoms with Crippen LogP contribution in [0, 0.1) is 0 Å². The zero-order valence-corrected chi connectivity index (χ0v) is 15.1. The number of methoxy groups -OCH3 is 1. The maximum atomic E-state index is 12.7. The Balaban J connectivity index is 2.32. The predicted molar refractivity (Wildman–Crippen MR) is 91.3 cm³/mol. The Hall–Kier alpha value is -2.65. The standard InChI is InChI=1S/C17H19NO7S/c1-3-13-15(10-14(25-13)17(21)24-2)26(22,23)18-12(16(19)20)9-11-7-5-4-6-8-11/h4-8,10,12,18H,3,9H2,1-2H3,(H,19,20)/t12-/m0/s1. The first-order chi connectivity index (χ1) is 12.3. The van der Waals surface area contributed by atoms with E-state index < -0.39 is 28.0 Å². The lowest BCUT2D eigenvalue weighted by atomic mass is 10.1. The summed E-state index contributed by atoms with van der Waals surface area (Å²) in [5.74, 6) is -2.35. The van der Waals surface area contributed by atoms with Crippen LogP contribution in [0.15, 0.2) is 45.7 Å². The number of hydrogen-bond acceptors (Lipinski definition) is 6. The number of ether oxygens (including phenoxy) is 1. The van der Waals surface area contributed by atoms with Gasteiger partial charge in [0.25, 0.3) is 0 Å². The highest BCUT2D eigenvalue weighted by atomic mass is 32.2. The monoisotopic (exact) mass is 381 g/mol. The zero-order chi connectivity index (χ0) is 19.3. The van der Waals surface area contributed by atoms with Gasteiger partial charge in [-0.2, -0.15) is 4.72 Å². The highest BCUT2D eigenvalue weighted by molar-refractivity contribution is 7.89. The van der Waals surface area contributed by atoms with E-state index >= 15 is 0 Å². The normalized spacial score (nSPS) is 12.5. The van der Waals surface area contributed by atoms with E-state index in [4.69, 9.17) is 4.42 Å². The molecule has 8 nitrogen and oxygen atoms in total. The van der Waals surface area contributed by atoms with Crippen LogP contribution in [-0.2, 0) is 32.4 Å². The number of carboxylic acids is 1. The van der Waals surface area contributed by atoms with Crippen molar-refractivity contribution in [1.29, 1.82) is 0 Å². The van der Waals surface area contributed by atoms with E-state index in [1.54, 1.807) is 37.3 Å². The first-order valence-electron chi connectivity index (χ1n) is 7.78. The molecule has 2 rings (SSSR count). The molecule has 1 aromatic heterocycles. The minimum absolute atomic E-state index is 0.0292. The molecule has 1 aromatic carbocycles. The number of aliphatic carboxylic acids is 1. The Morgan fingerprint density at radius 1 is 1.27 bits per heavy atom. The Labute approximate surface area is 150 Å². The van der Waals surface area contributed by atoms with Gasteiger partial charge in [0.1, 0.15) is 16.7 Å². The number of carbonyl (C=O) groups excluding carboxylic acids is 1. The van der Waals surface area contributed by atoms with Crippen LogP contribution in [0.25, 0.3) is 0 Å². The molecule has 0 saturated heterocycles. The molecule has 0 aliphatic carbocycles. The van der Waals surface area contributed by atoms with Crippen LogP contribution in [0.4, 0.5) is 0 Å². The summed E-state index contributed by atoms with van der Waals surface area (Å²) in [5.41, 5.74) is 0.667. The molecule has 0 amide bonds. The fourth-order valence-corrected chi connectivity index (χ4v) is 3.80. The molecule has 140 valence electrons. The number of carbonyl (C=O) groups is 2. The van der Waals surface area contributed by atoms with Gasteiger partial charge in [-0.15, -0.1) is 0 Å². The van der Waals surface area contributed by atoms with Gasteiger partial charge in [-0.3, -0.25) is 4.79 Å². The number of nitrogens with one attached hydrogen (secondary N) is 1. The van der Waals surface area contributed by atoms with Gasteiger partial charge < -0.3 is 14.3 Å². The quantitative estimate of drug-likeness (QED) is 0.666. The molecule has 0 saturated carbocycles. The Morgan fingerprint density at radius 3 is 2.46 bits per heavy atom. The van der Waals surface area contributed by atoms with Crippen LogP contribution < -0.4 is 4.72 Å². The van der Waals surface area contributed by atoms with Crippen LogP contribution in [-0.4, -0.2) is 38.6 Å². The first-order valence-corrected chi connectivity index (χ1v) is 9.27. The summed E-state index contributed by atoms with van der Waals surface area (Å²) in [7, 11) is -3.08. The molecule has 0 spiro atoms. The SMILES string of the molecule is CCc1oc(C(=O)OC)cc1S(=O)(=O)N[C@@H](Cc1ccccc1)C(=O)O. The highest BCUT2D eigenvalue weighted by Gasteiger charge is 2.30. The lowest BCUT2D eigenvalue weighted by Gasteiger charge is -2.14. The number of hydrogen-bond donors (Lipinski definition) is 2. The van der Waals surface area contributed by atoms with Crippen molar-refractivity contribution in [3.63, 3.8) is 0 Å². The van der Waals surface area contributed by atoms with Gasteiger partial charge in [0.15, 0.2) is 0 Å². The molecule has 0 radical (unpaired) electrons. The molecule has 0 aliphatic heterocycles. The Kier molecular flexibility index (Phi) is 6.17. The maximum Gasteiger partial charge on any atom is 0.373 e. The van der Waals surface area contributed by atoms with Gasteiger partial charge >= 0.3 is 11.9 Å². The minimum Gasteiger partial charge on any atom is -0.480 e. The number of carboxylic acid groups (broad SMARTS) is 1. The van der Waals surface area contributed by atoms with Crippen molar-refractivity contribution < 1.29 is 32.3 Å². The number of esters is 1. The molecule has 0 aliphatic rings. The van der Waals surface area contributed by atoms with Gasteiger partial charge in [-0.25, -0.2) is 13.2 Å². The third-order valence-electron chi connectivity index (χ3n) is 3.65. The van der Waals surface area contributed by atoms with Crippen molar-refractivity contribution in [2.75, 3.05) is 7.11 Å². The summed E-state index contributed by atoms with van der Waals surface area (Å²) in [6, 6.07) is 8.31. The number of aryl methyl sites for hydroxylation is 1. The second kappa shape index (κ2) is 8.15. The summed E-state index contributed by atoms with van der Waals surface area (Å²) in [5, 5.41) is 9.38. The predicted octanol–water partition coefficient (Wildman–Crippen LogP) is 1.60. The highest BCUT2D eigenvalue weighted by Crippen LogP contribution is 2.22. The fraction of sp³-hybridized carbons (Fsp3) is 0.294. The van der Waals surface area contributed by atoms with Crippen LogP contribution in [0.1, 0.15) is 28.8 Å². The lowest BCUT2D eigenvalue weighted by molar-refractivity contribution is -0.138. The van der Waals surface area contributed by atoms with Gasteiger partial charge in [-0.1, -0.05) is 37.3 Å². The van der Waals surface area contributed by atoms with Crippen molar-refractivity contribution in [3.8, 4) is 0 Å². The molecule has 9 heteroatoms. The molecule has 1 atom stereocenters. The third kappa shape index (κ3) is 4.50. The molecule has 0 fully saturated rings. The van der Waals surface area contributed by atoms with E-state index in [9.17, 15) is 23.1 Å². The maximum absolute atomic E-state index is 12.7. The molecule has 2 aromatic rings. The van der Waals surface area contributed by atoms with Crippen LogP contribution in [0.3, 0.4) is 0 Å². The summed E-state index contributed by atoms with van der Waals surface area (Å²) >= 11 is 0. The molecular weight excluding hydrogens is 362 g/mol. The zero-order valence-electron chi connectivity index (χ0n) is 14.3. The van der Waals surface area contributed by atoms with E-state index in [1.165, 1.54) is 0 Å². The summed E-state index contributed by atoms with van der Waals surface area (Å²) in [6.07, 6.45) is 0.169. The summed E-state index contributed by atoms with van der Waals surface area (Å²) in [4.78, 5) is 22.8. The molecule has 2 N–H and O–H groups in total. The third-order valence-corrected chi connectivity index (χ3v) is 5.16. The first kappa shape index (κ1) is 19.7.